The first-order valence-corrected chi connectivity index (χ1v) is 9.75. The summed E-state index contributed by atoms with van der Waals surface area (Å²) in [6.45, 7) is 2.00. The molecule has 0 saturated heterocycles. The predicted molar refractivity (Wildman–Crippen MR) is 89.2 cm³/mol. The standard InChI is InChI=1S/C18H11F3N2Te/c1-10-6-14(24-8-10)16-13-7-11-4-2-3-5-12(11)15(18(19,20)21)17(13)23-9-22-16/h2-9H,1H3. The van der Waals surface area contributed by atoms with E-state index in [-0.39, 0.29) is 10.9 Å². The van der Waals surface area contributed by atoms with Crippen molar-refractivity contribution in [2.75, 3.05) is 0 Å². The second-order valence-corrected chi connectivity index (χ2v) is 8.18. The van der Waals surface area contributed by atoms with Crippen molar-refractivity contribution >= 4 is 42.1 Å². The molecule has 0 unspecified atom stereocenters. The molecule has 2 aromatic heterocycles. The number of nitrogens with zero attached hydrogens (tertiary/aromatic N) is 2. The van der Waals surface area contributed by atoms with Gasteiger partial charge in [-0.25, -0.2) is 0 Å². The number of fused-ring (bicyclic) bond motifs is 2. The molecule has 0 aliphatic rings. The fraction of sp³-hybridized carbons (Fsp3) is 0.111. The Labute approximate surface area is 145 Å². The second-order valence-electron chi connectivity index (χ2n) is 5.58. The molecule has 0 aliphatic heterocycles. The first-order chi connectivity index (χ1) is 11.4. The molecule has 24 heavy (non-hydrogen) atoms. The molecule has 6 heteroatoms. The number of hydrogen-bond donors (Lipinski definition) is 0. The van der Waals surface area contributed by atoms with Crippen LogP contribution in [0.2, 0.25) is 0 Å². The molecule has 2 aromatic carbocycles. The van der Waals surface area contributed by atoms with Gasteiger partial charge in [0, 0.05) is 0 Å². The Balaban J connectivity index is 2.18. The van der Waals surface area contributed by atoms with Crippen molar-refractivity contribution in [2.24, 2.45) is 0 Å². The number of halogens is 3. The fourth-order valence-corrected chi connectivity index (χ4v) is 5.50. The monoisotopic (exact) mass is 442 g/mol. The van der Waals surface area contributed by atoms with Crippen molar-refractivity contribution in [3.05, 3.63) is 57.9 Å². The van der Waals surface area contributed by atoms with E-state index >= 15 is 0 Å². The van der Waals surface area contributed by atoms with Crippen LogP contribution in [0.4, 0.5) is 13.2 Å². The second kappa shape index (κ2) is 5.58. The molecule has 0 spiro atoms. The normalized spacial score (nSPS) is 12.2. The third-order valence-electron chi connectivity index (χ3n) is 3.90. The first-order valence-electron chi connectivity index (χ1n) is 7.24. The number of aromatic nitrogens is 2. The molecule has 0 atom stereocenters. The average molecular weight is 440 g/mol. The quantitative estimate of drug-likeness (QED) is 0.313. The number of hydrogen-bond acceptors (Lipinski definition) is 2. The van der Waals surface area contributed by atoms with E-state index in [9.17, 15) is 13.2 Å². The van der Waals surface area contributed by atoms with Crippen LogP contribution in [0, 0.1) is 6.92 Å². The van der Waals surface area contributed by atoms with E-state index < -0.39 is 32.2 Å². The first kappa shape index (κ1) is 15.6. The van der Waals surface area contributed by atoms with E-state index in [0.717, 1.165) is 9.14 Å². The van der Waals surface area contributed by atoms with Gasteiger partial charge in [-0.15, -0.1) is 0 Å². The van der Waals surface area contributed by atoms with E-state index in [0.29, 0.717) is 16.5 Å². The summed E-state index contributed by atoms with van der Waals surface area (Å²) in [4.78, 5) is 8.29. The zero-order valence-electron chi connectivity index (χ0n) is 12.6. The summed E-state index contributed by atoms with van der Waals surface area (Å²) in [5.41, 5.74) is 1.08. The summed E-state index contributed by atoms with van der Waals surface area (Å²) < 4.78 is 44.4. The van der Waals surface area contributed by atoms with Crippen LogP contribution in [0.15, 0.2) is 46.8 Å². The van der Waals surface area contributed by atoms with Crippen molar-refractivity contribution in [3.8, 4) is 9.27 Å². The number of rotatable bonds is 1. The molecule has 0 fully saturated rings. The molecule has 0 bridgehead atoms. The van der Waals surface area contributed by atoms with Crippen molar-refractivity contribution in [2.45, 2.75) is 13.1 Å². The van der Waals surface area contributed by atoms with Crippen molar-refractivity contribution < 1.29 is 13.2 Å². The average Bonchev–Trinajstić information content (AvgIpc) is 2.97. The van der Waals surface area contributed by atoms with Gasteiger partial charge in [0.05, 0.1) is 0 Å². The van der Waals surface area contributed by atoms with Gasteiger partial charge in [-0.05, 0) is 0 Å². The summed E-state index contributed by atoms with van der Waals surface area (Å²) in [6.07, 6.45) is -3.23. The number of alkyl halides is 3. The van der Waals surface area contributed by atoms with Crippen LogP contribution in [0.3, 0.4) is 0 Å². The molecular weight excluding hydrogens is 429 g/mol. The summed E-state index contributed by atoms with van der Waals surface area (Å²) in [5.74, 6) is 0. The van der Waals surface area contributed by atoms with Crippen molar-refractivity contribution in [1.29, 1.82) is 0 Å². The minimum absolute atomic E-state index is 0.0240. The van der Waals surface area contributed by atoms with Gasteiger partial charge in [0.15, 0.2) is 0 Å². The molecule has 0 radical (unpaired) electrons. The van der Waals surface area contributed by atoms with Crippen molar-refractivity contribution in [1.82, 2.24) is 9.97 Å². The molecule has 4 aromatic rings. The van der Waals surface area contributed by atoms with E-state index in [1.807, 2.05) is 13.0 Å². The van der Waals surface area contributed by atoms with Gasteiger partial charge in [-0.2, -0.15) is 0 Å². The summed E-state index contributed by atoms with van der Waals surface area (Å²) in [7, 11) is 0. The fourth-order valence-electron chi connectivity index (χ4n) is 2.90. The Hall–Kier alpha value is -1.90. The Morgan fingerprint density at radius 3 is 2.50 bits per heavy atom. The molecule has 0 aliphatic carbocycles. The van der Waals surface area contributed by atoms with Crippen molar-refractivity contribution in [3.63, 3.8) is 0 Å². The Morgan fingerprint density at radius 2 is 1.79 bits per heavy atom. The van der Waals surface area contributed by atoms with Crippen LogP contribution in [0.25, 0.3) is 30.9 Å². The van der Waals surface area contributed by atoms with Gasteiger partial charge < -0.3 is 0 Å². The maximum absolute atomic E-state index is 13.7. The molecule has 2 nitrogen and oxygen atoms in total. The van der Waals surface area contributed by atoms with Crippen LogP contribution in [-0.2, 0) is 6.18 Å². The summed E-state index contributed by atoms with van der Waals surface area (Å²) >= 11 is -0.563. The molecule has 4 rings (SSSR count). The Bertz CT molecular complexity index is 1070. The number of aryl methyl sites for hydroxylation is 1. The minimum atomic E-state index is -4.47. The van der Waals surface area contributed by atoms with Crippen LogP contribution < -0.4 is 0 Å². The topological polar surface area (TPSA) is 25.8 Å². The van der Waals surface area contributed by atoms with Crippen LogP contribution in [0.5, 0.6) is 0 Å². The third kappa shape index (κ3) is 2.51. The molecule has 120 valence electrons. The van der Waals surface area contributed by atoms with Gasteiger partial charge in [-0.3, -0.25) is 0 Å². The molecule has 0 amide bonds. The predicted octanol–water partition coefficient (Wildman–Crippen LogP) is 4.83. The van der Waals surface area contributed by atoms with E-state index in [2.05, 4.69) is 14.1 Å². The molecular formula is C18H11F3N2Te. The van der Waals surface area contributed by atoms with Gasteiger partial charge in [0.1, 0.15) is 0 Å². The summed E-state index contributed by atoms with van der Waals surface area (Å²) in [6, 6.07) is 10.3. The zero-order chi connectivity index (χ0) is 16.9. The number of benzene rings is 2. The van der Waals surface area contributed by atoms with E-state index in [4.69, 9.17) is 0 Å². The third-order valence-corrected chi connectivity index (χ3v) is 6.91. The summed E-state index contributed by atoms with van der Waals surface area (Å²) in [5, 5.41) is 1.20. The van der Waals surface area contributed by atoms with Gasteiger partial charge in [-0.1, -0.05) is 0 Å². The van der Waals surface area contributed by atoms with Gasteiger partial charge in [0.2, 0.25) is 0 Å². The van der Waals surface area contributed by atoms with Crippen LogP contribution >= 0.6 is 0 Å². The van der Waals surface area contributed by atoms with Crippen LogP contribution in [0.1, 0.15) is 11.1 Å². The molecule has 0 saturated carbocycles. The maximum atomic E-state index is 13.7. The SMILES string of the molecule is Cc1c[te]c(-c2ncnc3c(C(F)(F)F)c4ccccc4cc23)c1. The molecule has 2 heterocycles. The van der Waals surface area contributed by atoms with E-state index in [1.54, 1.807) is 24.3 Å². The van der Waals surface area contributed by atoms with Gasteiger partial charge in [0.25, 0.3) is 0 Å². The Morgan fingerprint density at radius 1 is 1.00 bits per heavy atom. The zero-order valence-corrected chi connectivity index (χ0v) is 14.9. The molecule has 0 N–H and O–H groups in total. The van der Waals surface area contributed by atoms with Gasteiger partial charge >= 0.3 is 146 Å². The Kier molecular flexibility index (Phi) is 3.63. The van der Waals surface area contributed by atoms with E-state index in [1.165, 1.54) is 12.4 Å². The van der Waals surface area contributed by atoms with Crippen LogP contribution in [-0.4, -0.2) is 30.4 Å².